The number of amides is 1. The molecule has 1 aromatic carbocycles. The lowest BCUT2D eigenvalue weighted by Gasteiger charge is -2.09. The Bertz CT molecular complexity index is 692. The summed E-state index contributed by atoms with van der Waals surface area (Å²) in [5, 5.41) is 6.94. The highest BCUT2D eigenvalue weighted by molar-refractivity contribution is 6.03. The van der Waals surface area contributed by atoms with E-state index in [0.717, 1.165) is 24.1 Å². The van der Waals surface area contributed by atoms with Crippen molar-refractivity contribution in [3.8, 4) is 0 Å². The molecule has 1 amide bonds. The SMILES string of the molecule is CCCCn1nc(C(=O)Nc2ccccc2C)ccc1=O. The summed E-state index contributed by atoms with van der Waals surface area (Å²) in [6.07, 6.45) is 1.82. The van der Waals surface area contributed by atoms with E-state index in [1.165, 1.54) is 16.8 Å². The van der Waals surface area contributed by atoms with Crippen LogP contribution >= 0.6 is 0 Å². The summed E-state index contributed by atoms with van der Waals surface area (Å²) in [5.41, 5.74) is 1.78. The fourth-order valence-corrected chi connectivity index (χ4v) is 1.94. The molecule has 0 aliphatic rings. The zero-order valence-corrected chi connectivity index (χ0v) is 12.3. The standard InChI is InChI=1S/C16H19N3O2/c1-3-4-11-19-15(20)10-9-14(18-19)16(21)17-13-8-6-5-7-12(13)2/h5-10H,3-4,11H2,1-2H3,(H,17,21). The molecule has 0 saturated heterocycles. The normalized spacial score (nSPS) is 10.4. The number of carbonyl (C=O) groups excluding carboxylic acids is 1. The fraction of sp³-hybridized carbons (Fsp3) is 0.312. The van der Waals surface area contributed by atoms with Gasteiger partial charge in [0.05, 0.1) is 0 Å². The van der Waals surface area contributed by atoms with E-state index in [4.69, 9.17) is 0 Å². The quantitative estimate of drug-likeness (QED) is 0.918. The highest BCUT2D eigenvalue weighted by Gasteiger charge is 2.10. The predicted molar refractivity (Wildman–Crippen MR) is 82.5 cm³/mol. The highest BCUT2D eigenvalue weighted by Crippen LogP contribution is 2.13. The molecule has 5 nitrogen and oxygen atoms in total. The molecule has 110 valence electrons. The van der Waals surface area contributed by atoms with E-state index in [0.29, 0.717) is 6.54 Å². The lowest BCUT2D eigenvalue weighted by atomic mass is 10.2. The smallest absolute Gasteiger partial charge is 0.276 e. The molecule has 1 aromatic heterocycles. The van der Waals surface area contributed by atoms with Crippen LogP contribution in [0.5, 0.6) is 0 Å². The van der Waals surface area contributed by atoms with Crippen molar-refractivity contribution in [1.29, 1.82) is 0 Å². The van der Waals surface area contributed by atoms with Gasteiger partial charge in [-0.1, -0.05) is 31.5 Å². The maximum atomic E-state index is 12.2. The van der Waals surface area contributed by atoms with Crippen molar-refractivity contribution in [1.82, 2.24) is 9.78 Å². The predicted octanol–water partition coefficient (Wildman–Crippen LogP) is 2.60. The third-order valence-electron chi connectivity index (χ3n) is 3.22. The number of para-hydroxylation sites is 1. The molecular weight excluding hydrogens is 266 g/mol. The average Bonchev–Trinajstić information content (AvgIpc) is 2.48. The largest absolute Gasteiger partial charge is 0.320 e. The van der Waals surface area contributed by atoms with Crippen LogP contribution in [0, 0.1) is 6.92 Å². The Balaban J connectivity index is 2.19. The molecule has 0 saturated carbocycles. The van der Waals surface area contributed by atoms with Crippen LogP contribution in [-0.2, 0) is 6.54 Å². The first kappa shape index (κ1) is 15.0. The summed E-state index contributed by atoms with van der Waals surface area (Å²) < 4.78 is 1.34. The van der Waals surface area contributed by atoms with Gasteiger partial charge in [-0.05, 0) is 31.0 Å². The molecule has 0 radical (unpaired) electrons. The van der Waals surface area contributed by atoms with Crippen LogP contribution in [0.2, 0.25) is 0 Å². The average molecular weight is 285 g/mol. The maximum absolute atomic E-state index is 12.2. The van der Waals surface area contributed by atoms with Gasteiger partial charge >= 0.3 is 0 Å². The number of hydrogen-bond donors (Lipinski definition) is 1. The van der Waals surface area contributed by atoms with Crippen LogP contribution in [0.1, 0.15) is 35.8 Å². The van der Waals surface area contributed by atoms with Gasteiger partial charge in [0, 0.05) is 18.3 Å². The Morgan fingerprint density at radius 1 is 1.24 bits per heavy atom. The van der Waals surface area contributed by atoms with Crippen molar-refractivity contribution in [3.05, 3.63) is 58.0 Å². The highest BCUT2D eigenvalue weighted by atomic mass is 16.2. The Labute approximate surface area is 123 Å². The van der Waals surface area contributed by atoms with Gasteiger partial charge in [-0.3, -0.25) is 9.59 Å². The van der Waals surface area contributed by atoms with Crippen LogP contribution in [0.3, 0.4) is 0 Å². The molecule has 1 N–H and O–H groups in total. The number of nitrogens with one attached hydrogen (secondary N) is 1. The minimum atomic E-state index is -0.311. The second kappa shape index (κ2) is 6.83. The van der Waals surface area contributed by atoms with Gasteiger partial charge in [-0.25, -0.2) is 4.68 Å². The summed E-state index contributed by atoms with van der Waals surface area (Å²) in [5.74, 6) is -0.311. The van der Waals surface area contributed by atoms with Gasteiger partial charge in [-0.2, -0.15) is 5.10 Å². The number of anilines is 1. The number of rotatable bonds is 5. The van der Waals surface area contributed by atoms with Gasteiger partial charge in [0.1, 0.15) is 5.69 Å². The zero-order valence-electron chi connectivity index (χ0n) is 12.3. The summed E-state index contributed by atoms with van der Waals surface area (Å²) in [6.45, 7) is 4.49. The summed E-state index contributed by atoms with van der Waals surface area (Å²) in [4.78, 5) is 23.9. The van der Waals surface area contributed by atoms with E-state index in [9.17, 15) is 9.59 Å². The van der Waals surface area contributed by atoms with Crippen molar-refractivity contribution in [2.75, 3.05) is 5.32 Å². The van der Waals surface area contributed by atoms with Crippen LogP contribution in [0.25, 0.3) is 0 Å². The Kier molecular flexibility index (Phi) is 4.87. The molecule has 0 bridgehead atoms. The lowest BCUT2D eigenvalue weighted by Crippen LogP contribution is -2.26. The number of carbonyl (C=O) groups is 1. The van der Waals surface area contributed by atoms with E-state index in [1.807, 2.05) is 38.1 Å². The summed E-state index contributed by atoms with van der Waals surface area (Å²) in [7, 11) is 0. The molecule has 0 atom stereocenters. The van der Waals surface area contributed by atoms with Gasteiger partial charge < -0.3 is 5.32 Å². The molecule has 21 heavy (non-hydrogen) atoms. The van der Waals surface area contributed by atoms with Gasteiger partial charge in [0.15, 0.2) is 0 Å². The molecule has 5 heteroatoms. The number of hydrogen-bond acceptors (Lipinski definition) is 3. The monoisotopic (exact) mass is 285 g/mol. The van der Waals surface area contributed by atoms with Gasteiger partial charge in [0.2, 0.25) is 0 Å². The van der Waals surface area contributed by atoms with Crippen LogP contribution in [0.15, 0.2) is 41.2 Å². The van der Waals surface area contributed by atoms with Crippen molar-refractivity contribution in [2.24, 2.45) is 0 Å². The molecule has 2 rings (SSSR count). The molecule has 0 aliphatic heterocycles. The summed E-state index contributed by atoms with van der Waals surface area (Å²) in [6, 6.07) is 10.4. The minimum Gasteiger partial charge on any atom is -0.320 e. The van der Waals surface area contributed by atoms with Gasteiger partial charge in [-0.15, -0.1) is 0 Å². The Hall–Kier alpha value is -2.43. The minimum absolute atomic E-state index is 0.184. The van der Waals surface area contributed by atoms with Crippen molar-refractivity contribution in [3.63, 3.8) is 0 Å². The molecule has 0 unspecified atom stereocenters. The second-order valence-electron chi connectivity index (χ2n) is 4.90. The zero-order chi connectivity index (χ0) is 15.2. The molecule has 0 fully saturated rings. The van der Waals surface area contributed by atoms with Crippen LogP contribution < -0.4 is 10.9 Å². The number of unbranched alkanes of at least 4 members (excludes halogenated alkanes) is 1. The second-order valence-corrected chi connectivity index (χ2v) is 4.90. The molecule has 0 aliphatic carbocycles. The van der Waals surface area contributed by atoms with Gasteiger partial charge in [0.25, 0.3) is 11.5 Å². The molecule has 0 spiro atoms. The number of aryl methyl sites for hydroxylation is 2. The topological polar surface area (TPSA) is 64.0 Å². The number of benzene rings is 1. The van der Waals surface area contributed by atoms with Crippen LogP contribution in [-0.4, -0.2) is 15.7 Å². The third kappa shape index (κ3) is 3.78. The van der Waals surface area contributed by atoms with Crippen LogP contribution in [0.4, 0.5) is 5.69 Å². The third-order valence-corrected chi connectivity index (χ3v) is 3.22. The van der Waals surface area contributed by atoms with E-state index in [1.54, 1.807) is 0 Å². The number of nitrogens with zero attached hydrogens (tertiary/aromatic N) is 2. The van der Waals surface area contributed by atoms with E-state index < -0.39 is 0 Å². The van der Waals surface area contributed by atoms with E-state index >= 15 is 0 Å². The first-order valence-corrected chi connectivity index (χ1v) is 7.07. The van der Waals surface area contributed by atoms with E-state index in [-0.39, 0.29) is 17.2 Å². The Morgan fingerprint density at radius 3 is 2.71 bits per heavy atom. The van der Waals surface area contributed by atoms with Crippen molar-refractivity contribution >= 4 is 11.6 Å². The lowest BCUT2D eigenvalue weighted by molar-refractivity contribution is 0.101. The first-order chi connectivity index (χ1) is 10.1. The number of aromatic nitrogens is 2. The fourth-order valence-electron chi connectivity index (χ4n) is 1.94. The maximum Gasteiger partial charge on any atom is 0.276 e. The summed E-state index contributed by atoms with van der Waals surface area (Å²) >= 11 is 0. The van der Waals surface area contributed by atoms with E-state index in [2.05, 4.69) is 10.4 Å². The first-order valence-electron chi connectivity index (χ1n) is 7.07. The molecule has 1 heterocycles. The van der Waals surface area contributed by atoms with Crippen molar-refractivity contribution in [2.45, 2.75) is 33.2 Å². The molecular formula is C16H19N3O2. The molecule has 2 aromatic rings. The van der Waals surface area contributed by atoms with Crippen molar-refractivity contribution < 1.29 is 4.79 Å². The Morgan fingerprint density at radius 2 is 2.00 bits per heavy atom.